The lowest BCUT2D eigenvalue weighted by Gasteiger charge is -2.33. The number of amides is 2. The highest BCUT2D eigenvalue weighted by Gasteiger charge is 2.33. The van der Waals surface area contributed by atoms with Crippen molar-refractivity contribution < 1.29 is 22.7 Å². The molecular formula is C25H32Cl3N3O5S. The summed E-state index contributed by atoms with van der Waals surface area (Å²) < 4.78 is 31.9. The molecule has 2 aromatic carbocycles. The maximum absolute atomic E-state index is 13.8. The van der Waals surface area contributed by atoms with Crippen molar-refractivity contribution >= 4 is 62.3 Å². The first-order valence-electron chi connectivity index (χ1n) is 11.6. The Morgan fingerprint density at radius 3 is 2.22 bits per heavy atom. The first kappa shape index (κ1) is 31.0. The Hall–Kier alpha value is -2.20. The van der Waals surface area contributed by atoms with Gasteiger partial charge >= 0.3 is 0 Å². The van der Waals surface area contributed by atoms with E-state index in [1.54, 1.807) is 31.2 Å². The van der Waals surface area contributed by atoms with E-state index in [9.17, 15) is 18.0 Å². The molecule has 1 atom stereocenters. The van der Waals surface area contributed by atoms with E-state index >= 15 is 0 Å². The molecule has 2 amide bonds. The zero-order valence-electron chi connectivity index (χ0n) is 21.4. The van der Waals surface area contributed by atoms with Crippen molar-refractivity contribution in [3.05, 3.63) is 57.0 Å². The van der Waals surface area contributed by atoms with Crippen LogP contribution in [0.5, 0.6) is 5.75 Å². The van der Waals surface area contributed by atoms with Gasteiger partial charge in [-0.25, -0.2) is 8.42 Å². The summed E-state index contributed by atoms with van der Waals surface area (Å²) in [5.41, 5.74) is 0.661. The van der Waals surface area contributed by atoms with Crippen LogP contribution in [-0.2, 0) is 26.2 Å². The molecule has 12 heteroatoms. The van der Waals surface area contributed by atoms with Crippen molar-refractivity contribution in [3.63, 3.8) is 0 Å². The molecule has 0 spiro atoms. The zero-order chi connectivity index (χ0) is 27.9. The molecule has 0 aromatic heterocycles. The summed E-state index contributed by atoms with van der Waals surface area (Å²) in [6, 6.07) is 8.43. The summed E-state index contributed by atoms with van der Waals surface area (Å²) in [5.74, 6) is -0.533. The molecule has 8 nitrogen and oxygen atoms in total. The van der Waals surface area contributed by atoms with Crippen molar-refractivity contribution in [2.45, 2.75) is 39.8 Å². The van der Waals surface area contributed by atoms with E-state index in [4.69, 9.17) is 39.5 Å². The predicted octanol–water partition coefficient (Wildman–Crippen LogP) is 5.00. The van der Waals surface area contributed by atoms with E-state index in [0.717, 1.165) is 10.6 Å². The van der Waals surface area contributed by atoms with Crippen LogP contribution in [0.2, 0.25) is 15.1 Å². The van der Waals surface area contributed by atoms with E-state index in [0.29, 0.717) is 28.6 Å². The molecular weight excluding hydrogens is 561 g/mol. The van der Waals surface area contributed by atoms with E-state index in [2.05, 4.69) is 5.32 Å². The summed E-state index contributed by atoms with van der Waals surface area (Å²) in [7, 11) is -2.57. The van der Waals surface area contributed by atoms with E-state index < -0.39 is 28.5 Å². The van der Waals surface area contributed by atoms with E-state index in [-0.39, 0.29) is 34.8 Å². The average Bonchev–Trinajstić information content (AvgIpc) is 2.81. The summed E-state index contributed by atoms with van der Waals surface area (Å²) in [6.07, 6.45) is 1.27. The third kappa shape index (κ3) is 8.67. The van der Waals surface area contributed by atoms with Gasteiger partial charge in [-0.1, -0.05) is 61.6 Å². The second-order valence-electron chi connectivity index (χ2n) is 8.91. The smallest absolute Gasteiger partial charge is 0.244 e. The number of anilines is 1. The van der Waals surface area contributed by atoms with Crippen LogP contribution in [0, 0.1) is 5.92 Å². The first-order valence-corrected chi connectivity index (χ1v) is 14.6. The van der Waals surface area contributed by atoms with Gasteiger partial charge in [-0.15, -0.1) is 0 Å². The van der Waals surface area contributed by atoms with Crippen LogP contribution in [0.15, 0.2) is 36.4 Å². The molecule has 0 aliphatic rings. The van der Waals surface area contributed by atoms with Crippen LogP contribution in [0.3, 0.4) is 0 Å². The standard InChI is InChI=1S/C25H32Cl3N3O5S/c1-6-21(25(33)29-13-16(2)3)30(14-17-7-8-18(26)11-20(17)28)24(32)15-31(37(5,34)35)22-12-19(27)9-10-23(22)36-4/h7-12,16,21H,6,13-15H2,1-5H3,(H,29,33)/t21-/m1/s1. The second-order valence-corrected chi connectivity index (χ2v) is 12.1. The lowest BCUT2D eigenvalue weighted by Crippen LogP contribution is -2.52. The van der Waals surface area contributed by atoms with Crippen LogP contribution in [0.4, 0.5) is 5.69 Å². The number of nitrogens with one attached hydrogen (secondary N) is 1. The number of rotatable bonds is 12. The minimum atomic E-state index is -3.95. The molecule has 204 valence electrons. The number of hydrogen-bond donors (Lipinski definition) is 1. The SMILES string of the molecule is CC[C@H](C(=O)NCC(C)C)N(Cc1ccc(Cl)cc1Cl)C(=O)CN(c1cc(Cl)ccc1OC)S(C)(=O)=O. The molecule has 0 heterocycles. The third-order valence-electron chi connectivity index (χ3n) is 5.52. The Labute approximate surface area is 233 Å². The van der Waals surface area contributed by atoms with Crippen molar-refractivity contribution in [1.29, 1.82) is 0 Å². The number of nitrogens with zero attached hydrogens (tertiary/aromatic N) is 2. The number of benzene rings is 2. The Balaban J connectivity index is 2.53. The number of carbonyl (C=O) groups is 2. The van der Waals surface area contributed by atoms with Gasteiger partial charge < -0.3 is 15.0 Å². The van der Waals surface area contributed by atoms with E-state index in [1.807, 2.05) is 13.8 Å². The van der Waals surface area contributed by atoms with Crippen molar-refractivity contribution in [2.24, 2.45) is 5.92 Å². The Kier molecular flexibility index (Phi) is 11.4. The molecule has 0 radical (unpaired) electrons. The minimum absolute atomic E-state index is 0.0350. The van der Waals surface area contributed by atoms with Gasteiger partial charge in [0.05, 0.1) is 19.1 Å². The molecule has 0 bridgehead atoms. The van der Waals surface area contributed by atoms with Crippen molar-refractivity contribution in [1.82, 2.24) is 10.2 Å². The molecule has 0 aliphatic heterocycles. The number of ether oxygens (including phenoxy) is 1. The maximum Gasteiger partial charge on any atom is 0.244 e. The molecule has 0 fully saturated rings. The van der Waals surface area contributed by atoms with Gasteiger partial charge in [0.15, 0.2) is 0 Å². The third-order valence-corrected chi connectivity index (χ3v) is 7.46. The molecule has 0 unspecified atom stereocenters. The summed E-state index contributed by atoms with van der Waals surface area (Å²) in [6.45, 7) is 5.49. The Morgan fingerprint density at radius 1 is 1.05 bits per heavy atom. The van der Waals surface area contributed by atoms with Gasteiger partial charge in [-0.3, -0.25) is 13.9 Å². The van der Waals surface area contributed by atoms with Gasteiger partial charge in [-0.05, 0) is 48.2 Å². The van der Waals surface area contributed by atoms with Crippen LogP contribution >= 0.6 is 34.8 Å². The van der Waals surface area contributed by atoms with Gasteiger partial charge in [0, 0.05) is 28.2 Å². The minimum Gasteiger partial charge on any atom is -0.495 e. The van der Waals surface area contributed by atoms with Gasteiger partial charge in [0.1, 0.15) is 18.3 Å². The zero-order valence-corrected chi connectivity index (χ0v) is 24.5. The maximum atomic E-state index is 13.8. The number of hydrogen-bond acceptors (Lipinski definition) is 5. The van der Waals surface area contributed by atoms with Crippen molar-refractivity contribution in [3.8, 4) is 5.75 Å². The van der Waals surface area contributed by atoms with Crippen LogP contribution in [0.1, 0.15) is 32.8 Å². The van der Waals surface area contributed by atoms with Gasteiger partial charge in [-0.2, -0.15) is 0 Å². The Bertz CT molecular complexity index is 1220. The number of halogens is 3. The monoisotopic (exact) mass is 591 g/mol. The van der Waals surface area contributed by atoms with Crippen LogP contribution in [-0.4, -0.2) is 57.6 Å². The molecule has 37 heavy (non-hydrogen) atoms. The molecule has 2 rings (SSSR count). The van der Waals surface area contributed by atoms with Gasteiger partial charge in [0.25, 0.3) is 0 Å². The highest BCUT2D eigenvalue weighted by Crippen LogP contribution is 2.33. The first-order chi connectivity index (χ1) is 17.3. The summed E-state index contributed by atoms with van der Waals surface area (Å²) in [4.78, 5) is 28.2. The molecule has 2 aromatic rings. The summed E-state index contributed by atoms with van der Waals surface area (Å²) in [5, 5.41) is 3.87. The topological polar surface area (TPSA) is 96.0 Å². The number of carbonyl (C=O) groups excluding carboxylic acids is 2. The predicted molar refractivity (Wildman–Crippen MR) is 149 cm³/mol. The fraction of sp³-hybridized carbons (Fsp3) is 0.440. The normalized spacial score (nSPS) is 12.2. The lowest BCUT2D eigenvalue weighted by atomic mass is 10.1. The quantitative estimate of drug-likeness (QED) is 0.374. The van der Waals surface area contributed by atoms with Crippen LogP contribution < -0.4 is 14.4 Å². The lowest BCUT2D eigenvalue weighted by molar-refractivity contribution is -0.140. The molecule has 0 saturated heterocycles. The van der Waals surface area contributed by atoms with Gasteiger partial charge in [0.2, 0.25) is 21.8 Å². The van der Waals surface area contributed by atoms with E-state index in [1.165, 1.54) is 24.1 Å². The largest absolute Gasteiger partial charge is 0.495 e. The highest BCUT2D eigenvalue weighted by atomic mass is 35.5. The second kappa shape index (κ2) is 13.6. The fourth-order valence-corrected chi connectivity index (χ4v) is 5.11. The fourth-order valence-electron chi connectivity index (χ4n) is 3.63. The summed E-state index contributed by atoms with van der Waals surface area (Å²) >= 11 is 18.5. The highest BCUT2D eigenvalue weighted by molar-refractivity contribution is 7.92. The number of sulfonamides is 1. The average molecular weight is 593 g/mol. The Morgan fingerprint density at radius 2 is 1.68 bits per heavy atom. The van der Waals surface area contributed by atoms with Crippen molar-refractivity contribution in [2.75, 3.05) is 30.8 Å². The molecule has 1 N–H and O–H groups in total. The molecule has 0 saturated carbocycles. The molecule has 0 aliphatic carbocycles. The van der Waals surface area contributed by atoms with Crippen LogP contribution in [0.25, 0.3) is 0 Å². The number of methoxy groups -OCH3 is 1.